The molecule has 0 atom stereocenters. The zero-order valence-corrected chi connectivity index (χ0v) is 39.2. The summed E-state index contributed by atoms with van der Waals surface area (Å²) in [6.45, 7) is 14.2. The zero-order chi connectivity index (χ0) is 44.6. The highest BCUT2D eigenvalue weighted by molar-refractivity contribution is 5.71. The van der Waals surface area contributed by atoms with Crippen LogP contribution in [0.2, 0.25) is 0 Å². The number of unbranched alkanes of at least 4 members (excludes halogenated alkanes) is 10. The van der Waals surface area contributed by atoms with E-state index in [1.54, 1.807) is 7.11 Å². The Morgan fingerprint density at radius 1 is 0.333 bits per heavy atom. The number of rotatable bonds is 31. The standard InChI is InChI=1S/C33H44O2.C23H32O5/c1-4-5-6-7-8-9-10-11-12-13-14-25-35-33-24-21-31(26-27(33)2)30-17-15-28(16-18-30)29-19-22-32(34-3)23-20-29;1-3-13-24-14-15-25-16-17-26-18-19-28-23-11-7-21(8-12-23)20-5-9-22(10-6-20)27-4-2/h15-24,26H,4-14,25H2,1-3H3;5-12H,3-4,13-19H2,1-2H3. The minimum Gasteiger partial charge on any atom is -0.497 e. The molecule has 0 spiro atoms. The van der Waals surface area contributed by atoms with E-state index < -0.39 is 0 Å². The molecular formula is C56H76O7. The normalized spacial score (nSPS) is 10.9. The minimum atomic E-state index is 0.516. The van der Waals surface area contributed by atoms with Gasteiger partial charge in [0.25, 0.3) is 0 Å². The molecule has 0 saturated heterocycles. The molecule has 0 amide bonds. The summed E-state index contributed by atoms with van der Waals surface area (Å²) in [5.41, 5.74) is 8.35. The molecule has 0 unspecified atom stereocenters. The predicted octanol–water partition coefficient (Wildman–Crippen LogP) is 14.6. The highest BCUT2D eigenvalue weighted by Crippen LogP contribution is 2.30. The molecule has 342 valence electrons. The van der Waals surface area contributed by atoms with Crippen molar-refractivity contribution >= 4 is 0 Å². The topological polar surface area (TPSA) is 64.6 Å². The molecule has 0 radical (unpaired) electrons. The fourth-order valence-corrected chi connectivity index (χ4v) is 7.14. The molecule has 0 saturated carbocycles. The van der Waals surface area contributed by atoms with Crippen molar-refractivity contribution < 1.29 is 33.2 Å². The van der Waals surface area contributed by atoms with Crippen LogP contribution in [0.15, 0.2) is 115 Å². The largest absolute Gasteiger partial charge is 0.497 e. The third kappa shape index (κ3) is 20.5. The van der Waals surface area contributed by atoms with Gasteiger partial charge < -0.3 is 33.2 Å². The number of hydrogen-bond acceptors (Lipinski definition) is 7. The van der Waals surface area contributed by atoms with Crippen molar-refractivity contribution in [2.45, 2.75) is 105 Å². The van der Waals surface area contributed by atoms with E-state index in [1.807, 2.05) is 43.3 Å². The minimum absolute atomic E-state index is 0.516. The number of hydrogen-bond donors (Lipinski definition) is 0. The average Bonchev–Trinajstić information content (AvgIpc) is 3.32. The maximum atomic E-state index is 6.10. The third-order valence-electron chi connectivity index (χ3n) is 10.8. The van der Waals surface area contributed by atoms with E-state index in [2.05, 4.69) is 99.6 Å². The van der Waals surface area contributed by atoms with E-state index in [0.717, 1.165) is 60.2 Å². The van der Waals surface area contributed by atoms with Crippen molar-refractivity contribution in [2.24, 2.45) is 0 Å². The summed E-state index contributed by atoms with van der Waals surface area (Å²) in [7, 11) is 1.70. The van der Waals surface area contributed by atoms with Crippen molar-refractivity contribution in [2.75, 3.05) is 66.6 Å². The van der Waals surface area contributed by atoms with Gasteiger partial charge in [-0.15, -0.1) is 0 Å². The van der Waals surface area contributed by atoms with Crippen LogP contribution < -0.4 is 18.9 Å². The molecule has 5 rings (SSSR count). The summed E-state index contributed by atoms with van der Waals surface area (Å²) in [5.74, 6) is 3.62. The summed E-state index contributed by atoms with van der Waals surface area (Å²) in [5, 5.41) is 0. The first-order valence-corrected chi connectivity index (χ1v) is 23.7. The smallest absolute Gasteiger partial charge is 0.122 e. The van der Waals surface area contributed by atoms with Crippen molar-refractivity contribution in [3.8, 4) is 56.4 Å². The van der Waals surface area contributed by atoms with Gasteiger partial charge in [-0.25, -0.2) is 0 Å². The summed E-state index contributed by atoms with van der Waals surface area (Å²) in [6.07, 6.45) is 16.0. The highest BCUT2D eigenvalue weighted by atomic mass is 16.6. The Bertz CT molecular complexity index is 1870. The van der Waals surface area contributed by atoms with E-state index in [1.165, 1.54) is 92.0 Å². The van der Waals surface area contributed by atoms with Crippen molar-refractivity contribution in [3.63, 3.8) is 0 Å². The lowest BCUT2D eigenvalue weighted by Crippen LogP contribution is -2.12. The number of benzene rings is 5. The fraction of sp³-hybridized carbons (Fsp3) is 0.464. The Morgan fingerprint density at radius 3 is 1.19 bits per heavy atom. The van der Waals surface area contributed by atoms with Gasteiger partial charge in [0, 0.05) is 6.61 Å². The van der Waals surface area contributed by atoms with Gasteiger partial charge in [0.2, 0.25) is 0 Å². The average molecular weight is 861 g/mol. The van der Waals surface area contributed by atoms with Gasteiger partial charge in [-0.3, -0.25) is 0 Å². The van der Waals surface area contributed by atoms with Gasteiger partial charge in [0.15, 0.2) is 0 Å². The monoisotopic (exact) mass is 861 g/mol. The summed E-state index contributed by atoms with van der Waals surface area (Å²) >= 11 is 0. The lowest BCUT2D eigenvalue weighted by atomic mass is 9.99. The van der Waals surface area contributed by atoms with Gasteiger partial charge >= 0.3 is 0 Å². The highest BCUT2D eigenvalue weighted by Gasteiger charge is 2.06. The van der Waals surface area contributed by atoms with Crippen molar-refractivity contribution in [1.82, 2.24) is 0 Å². The Balaban J connectivity index is 0.000000284. The number of methoxy groups -OCH3 is 1. The van der Waals surface area contributed by atoms with E-state index >= 15 is 0 Å². The summed E-state index contributed by atoms with van der Waals surface area (Å²) in [4.78, 5) is 0. The lowest BCUT2D eigenvalue weighted by molar-refractivity contribution is 0.00945. The van der Waals surface area contributed by atoms with E-state index in [0.29, 0.717) is 46.2 Å². The summed E-state index contributed by atoms with van der Waals surface area (Å²) in [6, 6.07) is 39.7. The van der Waals surface area contributed by atoms with Crippen LogP contribution in [0.25, 0.3) is 33.4 Å². The number of ether oxygens (including phenoxy) is 7. The molecule has 7 nitrogen and oxygen atoms in total. The van der Waals surface area contributed by atoms with Gasteiger partial charge in [-0.05, 0) is 114 Å². The predicted molar refractivity (Wildman–Crippen MR) is 262 cm³/mol. The Labute approximate surface area is 380 Å². The van der Waals surface area contributed by atoms with E-state index in [9.17, 15) is 0 Å². The Hall–Kier alpha value is -4.82. The van der Waals surface area contributed by atoms with Crippen LogP contribution in [0, 0.1) is 6.92 Å². The van der Waals surface area contributed by atoms with Crippen LogP contribution in [0.4, 0.5) is 0 Å². The first-order chi connectivity index (χ1) is 31.0. The van der Waals surface area contributed by atoms with Crippen LogP contribution in [0.5, 0.6) is 23.0 Å². The lowest BCUT2D eigenvalue weighted by Gasteiger charge is -2.11. The van der Waals surface area contributed by atoms with E-state index in [-0.39, 0.29) is 0 Å². The molecular weight excluding hydrogens is 785 g/mol. The Kier molecular flexibility index (Phi) is 25.8. The SMILES string of the molecule is CCCCCCCCCCCCCOc1ccc(-c2ccc(-c3ccc(OC)cc3)cc2)cc1C.CCCOCCOCCOCCOc1ccc(-c2ccc(OCC)cc2)cc1. The van der Waals surface area contributed by atoms with Crippen LogP contribution in [0.1, 0.15) is 103 Å². The van der Waals surface area contributed by atoms with Crippen LogP contribution >= 0.6 is 0 Å². The van der Waals surface area contributed by atoms with Crippen LogP contribution in [-0.4, -0.2) is 66.6 Å². The van der Waals surface area contributed by atoms with Crippen molar-refractivity contribution in [1.29, 1.82) is 0 Å². The van der Waals surface area contributed by atoms with Gasteiger partial charge in [0.05, 0.1) is 53.4 Å². The molecule has 0 aliphatic heterocycles. The second-order valence-corrected chi connectivity index (χ2v) is 15.8. The van der Waals surface area contributed by atoms with Crippen LogP contribution in [0.3, 0.4) is 0 Å². The van der Waals surface area contributed by atoms with Gasteiger partial charge in [-0.1, -0.05) is 145 Å². The zero-order valence-electron chi connectivity index (χ0n) is 39.2. The molecule has 7 heteroatoms. The van der Waals surface area contributed by atoms with Gasteiger partial charge in [0.1, 0.15) is 29.6 Å². The second kappa shape index (κ2) is 31.9. The molecule has 5 aromatic rings. The first kappa shape index (κ1) is 50.8. The van der Waals surface area contributed by atoms with Crippen molar-refractivity contribution in [3.05, 3.63) is 121 Å². The molecule has 5 aromatic carbocycles. The number of aryl methyl sites for hydroxylation is 1. The third-order valence-corrected chi connectivity index (χ3v) is 10.8. The fourth-order valence-electron chi connectivity index (χ4n) is 7.14. The van der Waals surface area contributed by atoms with E-state index in [4.69, 9.17) is 33.2 Å². The second-order valence-electron chi connectivity index (χ2n) is 15.8. The molecule has 0 bridgehead atoms. The van der Waals surface area contributed by atoms with Gasteiger partial charge in [-0.2, -0.15) is 0 Å². The molecule has 0 aliphatic carbocycles. The van der Waals surface area contributed by atoms with Crippen LogP contribution in [-0.2, 0) is 14.2 Å². The molecule has 0 aromatic heterocycles. The molecule has 0 heterocycles. The molecule has 0 aliphatic rings. The molecule has 63 heavy (non-hydrogen) atoms. The quantitative estimate of drug-likeness (QED) is 0.0411. The molecule has 0 N–H and O–H groups in total. The molecule has 0 fully saturated rings. The maximum Gasteiger partial charge on any atom is 0.122 e. The maximum absolute atomic E-state index is 6.10. The first-order valence-electron chi connectivity index (χ1n) is 23.7. The summed E-state index contributed by atoms with van der Waals surface area (Å²) < 4.78 is 38.8. The Morgan fingerprint density at radius 2 is 0.730 bits per heavy atom.